The normalized spacial score (nSPS) is 15.0. The molecule has 0 aromatic carbocycles. The van der Waals surface area contributed by atoms with Crippen LogP contribution in [0.3, 0.4) is 0 Å². The Balaban J connectivity index is -0.000000184. The molecule has 0 fully saturated rings. The van der Waals surface area contributed by atoms with Gasteiger partial charge in [0, 0.05) is 0 Å². The summed E-state index contributed by atoms with van der Waals surface area (Å²) in [6.45, 7) is 22.0. The molecule has 0 spiro atoms. The van der Waals surface area contributed by atoms with Gasteiger partial charge in [-0.3, -0.25) is 24.3 Å². The van der Waals surface area contributed by atoms with Gasteiger partial charge >= 0.3 is 83.7 Å². The molecular weight excluding hydrogens is 694 g/mol. The van der Waals surface area contributed by atoms with Gasteiger partial charge in [-0.15, -0.1) is 25.7 Å². The fourth-order valence-electron chi connectivity index (χ4n) is 2.87. The van der Waals surface area contributed by atoms with Crippen LogP contribution in [-0.4, -0.2) is 10.9 Å². The van der Waals surface area contributed by atoms with Crippen LogP contribution in [0.15, 0.2) is 69.9 Å². The fourth-order valence-corrected chi connectivity index (χ4v) is 2.87. The molecule has 0 heterocycles. The van der Waals surface area contributed by atoms with Gasteiger partial charge in [0.2, 0.25) is 0 Å². The van der Waals surface area contributed by atoms with E-state index in [1.54, 1.807) is 46.7 Å². The molecule has 0 saturated heterocycles. The quantitative estimate of drug-likeness (QED) is 0.298. The van der Waals surface area contributed by atoms with Crippen LogP contribution in [0.4, 0.5) is 0 Å². The number of hydrogen-bond donors (Lipinski definition) is 0. The molecule has 0 aromatic rings. The van der Waals surface area contributed by atoms with Crippen molar-refractivity contribution in [1.82, 2.24) is 0 Å². The van der Waals surface area contributed by atoms with E-state index < -0.39 is 0 Å². The van der Waals surface area contributed by atoms with E-state index in [2.05, 4.69) is 128 Å². The van der Waals surface area contributed by atoms with E-state index in [9.17, 15) is 0 Å². The summed E-state index contributed by atoms with van der Waals surface area (Å²) in [6.07, 6.45) is 32.0. The predicted octanol–water partition coefficient (Wildman–Crippen LogP) is 3.92. The van der Waals surface area contributed by atoms with Gasteiger partial charge in [-0.2, -0.15) is 23.3 Å². The Morgan fingerprint density at radius 3 is 1.03 bits per heavy atom. The van der Waals surface area contributed by atoms with Crippen molar-refractivity contribution >= 4 is 10.9 Å². The average Bonchev–Trinajstić information content (AvgIpc) is 3.58. The summed E-state index contributed by atoms with van der Waals surface area (Å²) in [7, 11) is 0. The second-order valence-corrected chi connectivity index (χ2v) is 28.2. The minimum atomic E-state index is 0. The van der Waals surface area contributed by atoms with Crippen LogP contribution >= 0.6 is 0 Å². The van der Waals surface area contributed by atoms with Gasteiger partial charge in [0.1, 0.15) is 0 Å². The number of rotatable bonds is 2. The predicted molar refractivity (Wildman–Crippen MR) is 158 cm³/mol. The van der Waals surface area contributed by atoms with E-state index in [1.165, 1.54) is 33.4 Å². The van der Waals surface area contributed by atoms with Crippen LogP contribution in [0.2, 0.25) is 26.2 Å². The van der Waals surface area contributed by atoms with Crippen molar-refractivity contribution in [2.45, 2.75) is 106 Å². The van der Waals surface area contributed by atoms with Crippen molar-refractivity contribution in [3.63, 3.8) is 0 Å². The molecule has 0 amide bonds. The zero-order valence-electron chi connectivity index (χ0n) is 25.5. The Labute approximate surface area is 280 Å². The first kappa shape index (κ1) is 45.7. The number of hydrogen-bond acceptors (Lipinski definition) is 0. The summed E-state index contributed by atoms with van der Waals surface area (Å²) in [5.74, 6) is 0. The molecule has 0 aliphatic heterocycles. The molecule has 0 N–H and O–H groups in total. The molecule has 0 radical (unpaired) electrons. The van der Waals surface area contributed by atoms with Crippen molar-refractivity contribution in [3.8, 4) is 0 Å². The van der Waals surface area contributed by atoms with Crippen molar-refractivity contribution in [2.75, 3.05) is 0 Å². The van der Waals surface area contributed by atoms with Crippen molar-refractivity contribution < 1.29 is 71.5 Å². The molecule has 0 saturated carbocycles. The van der Waals surface area contributed by atoms with Crippen LogP contribution in [0.25, 0.3) is 0 Å². The molecule has 6 heteroatoms. The molecule has 0 bridgehead atoms. The van der Waals surface area contributed by atoms with Crippen LogP contribution < -0.4 is 24.8 Å². The van der Waals surface area contributed by atoms with Crippen molar-refractivity contribution in [2.24, 2.45) is 0 Å². The van der Waals surface area contributed by atoms with Gasteiger partial charge in [0.25, 0.3) is 0 Å². The average molecular weight is 742 g/mol. The molecule has 0 unspecified atom stereocenters. The minimum Gasteiger partial charge on any atom is -1.00 e. The van der Waals surface area contributed by atoms with Gasteiger partial charge < -0.3 is 24.8 Å². The van der Waals surface area contributed by atoms with E-state index in [4.69, 9.17) is 0 Å². The third-order valence-electron chi connectivity index (χ3n) is 4.57. The van der Waals surface area contributed by atoms with Gasteiger partial charge in [-0.25, -0.2) is 46.6 Å². The Bertz CT molecular complexity index is 847. The van der Waals surface area contributed by atoms with Crippen LogP contribution in [-0.2, 0) is 46.7 Å². The standard InChI is InChI=1S/4C7H9.2C2H6Si.2ClH.2Zr/c2*1-6-3-4-7(2)5-6;2*1-2-7-5-3-4-6-7;2*1-3-2;;;;/h2*5H,3H2,1-2H3;2*5-6H,2-3H2,1H3;2*1-2H3;2*1H;;/q4*-1;;;;;2*+2/p-2. The minimum absolute atomic E-state index is 0. The molecule has 4 rings (SSSR count). The molecule has 4 aliphatic carbocycles. The second kappa shape index (κ2) is 30.7. The summed E-state index contributed by atoms with van der Waals surface area (Å²) in [5, 5.41) is 0. The van der Waals surface area contributed by atoms with Gasteiger partial charge in [0.15, 0.2) is 0 Å². The summed E-state index contributed by atoms with van der Waals surface area (Å²) >= 11 is 3.48. The first-order valence-corrected chi connectivity index (χ1v) is 25.3. The number of allylic oxidation sites excluding steroid dienone is 16. The maximum absolute atomic E-state index is 3.19. The first-order valence-electron chi connectivity index (χ1n) is 12.9. The van der Waals surface area contributed by atoms with Gasteiger partial charge in [-0.1, -0.05) is 54.4 Å². The molecule has 0 nitrogen and oxygen atoms in total. The molecule has 4 aliphatic rings. The first-order chi connectivity index (χ1) is 16.9. The summed E-state index contributed by atoms with van der Waals surface area (Å²) in [5.41, 5.74) is 8.72. The van der Waals surface area contributed by atoms with E-state index in [0.717, 1.165) is 38.5 Å². The second-order valence-electron chi connectivity index (χ2n) is 9.42. The maximum Gasteiger partial charge on any atom is -1.00 e. The van der Waals surface area contributed by atoms with Gasteiger partial charge in [-0.05, 0) is 0 Å². The van der Waals surface area contributed by atoms with E-state index in [-0.39, 0.29) is 35.7 Å². The van der Waals surface area contributed by atoms with Crippen molar-refractivity contribution in [3.05, 3.63) is 94.2 Å². The molecule has 0 atom stereocenters. The van der Waals surface area contributed by atoms with E-state index in [1.807, 2.05) is 0 Å². The Morgan fingerprint density at radius 2 is 0.947 bits per heavy atom. The van der Waals surface area contributed by atoms with Crippen LogP contribution in [0.1, 0.15) is 80.1 Å². The zero-order valence-corrected chi connectivity index (χ0v) is 33.9. The molecule has 208 valence electrons. The zero-order chi connectivity index (χ0) is 27.9. The van der Waals surface area contributed by atoms with Crippen LogP contribution in [0, 0.1) is 24.3 Å². The van der Waals surface area contributed by atoms with Crippen molar-refractivity contribution in [1.29, 1.82) is 0 Å². The van der Waals surface area contributed by atoms with E-state index >= 15 is 0 Å². The molecule has 0 aromatic heterocycles. The SMILES string of the molecule is CC1=[C-]CC(C)=C1.CC1=[C-]CC(C)=C1.CCC1=CC[C-]=C1.CCC1=CC[C-]=C1.C[Si](C)=[Zr+2].C[Si](C)=[Zr+2].[Cl-].[Cl-]. The van der Waals surface area contributed by atoms with Gasteiger partial charge in [0.05, 0.1) is 0 Å². The molecule has 38 heavy (non-hydrogen) atoms. The monoisotopic (exact) mass is 738 g/mol. The topological polar surface area (TPSA) is 0 Å². The largest absolute Gasteiger partial charge is 1.00 e. The Kier molecular flexibility index (Phi) is 36.8. The fraction of sp³-hybridized carbons (Fsp3) is 0.500. The summed E-state index contributed by atoms with van der Waals surface area (Å²) in [6, 6.07) is 0. The number of halogens is 2. The summed E-state index contributed by atoms with van der Waals surface area (Å²) in [4.78, 5) is 0. The van der Waals surface area contributed by atoms with E-state index in [0.29, 0.717) is 0 Å². The summed E-state index contributed by atoms with van der Waals surface area (Å²) < 4.78 is 0. The Hall–Kier alpha value is 0.700. The maximum atomic E-state index is 3.19. The van der Waals surface area contributed by atoms with Crippen LogP contribution in [0.5, 0.6) is 0 Å². The Morgan fingerprint density at radius 1 is 0.658 bits per heavy atom. The third kappa shape index (κ3) is 34.7. The molecular formula is C32H48Cl2Si2Zr2-2. The smallest absolute Gasteiger partial charge is 1.00 e. The third-order valence-corrected chi connectivity index (χ3v) is 4.57.